The van der Waals surface area contributed by atoms with E-state index in [-0.39, 0.29) is 0 Å². The maximum Gasteiger partial charge on any atom is 0.244 e. The Hall–Kier alpha value is -2.25. The highest BCUT2D eigenvalue weighted by Crippen LogP contribution is 2.24. The van der Waals surface area contributed by atoms with E-state index < -0.39 is 0 Å². The molecule has 0 spiro atoms. The fraction of sp³-hybridized carbons (Fsp3) is 0.500. The van der Waals surface area contributed by atoms with Crippen molar-refractivity contribution in [3.05, 3.63) is 35.0 Å². The first-order valence-electron chi connectivity index (χ1n) is 8.70. The molecule has 25 heavy (non-hydrogen) atoms. The Bertz CT molecular complexity index is 691. The van der Waals surface area contributed by atoms with E-state index in [1.54, 1.807) is 6.20 Å². The number of rotatable bonds is 6. The van der Waals surface area contributed by atoms with E-state index in [0.717, 1.165) is 45.1 Å². The molecular formula is C18H26N6O. The van der Waals surface area contributed by atoms with Crippen molar-refractivity contribution in [1.29, 1.82) is 0 Å². The Morgan fingerprint density at radius 3 is 2.56 bits per heavy atom. The molecule has 1 fully saturated rings. The Morgan fingerprint density at radius 2 is 1.84 bits per heavy atom. The fourth-order valence-corrected chi connectivity index (χ4v) is 3.09. The van der Waals surface area contributed by atoms with Gasteiger partial charge >= 0.3 is 0 Å². The number of nitrogens with one attached hydrogen (secondary N) is 2. The molecule has 1 saturated heterocycles. The number of aromatic nitrogens is 3. The van der Waals surface area contributed by atoms with Crippen molar-refractivity contribution in [2.45, 2.75) is 20.8 Å². The normalized spacial score (nSPS) is 15.2. The lowest BCUT2D eigenvalue weighted by molar-refractivity contribution is 0.0398. The van der Waals surface area contributed by atoms with Gasteiger partial charge < -0.3 is 15.4 Å². The number of hydrogen-bond donors (Lipinski definition) is 2. The molecule has 1 aromatic carbocycles. The van der Waals surface area contributed by atoms with Crippen molar-refractivity contribution in [3.63, 3.8) is 0 Å². The number of ether oxygens (including phenoxy) is 1. The number of morpholine rings is 1. The number of aryl methyl sites for hydroxylation is 3. The molecule has 7 nitrogen and oxygen atoms in total. The van der Waals surface area contributed by atoms with Crippen LogP contribution in [0.3, 0.4) is 0 Å². The summed E-state index contributed by atoms with van der Waals surface area (Å²) in [5.74, 6) is 1.24. The Morgan fingerprint density at radius 1 is 1.12 bits per heavy atom. The highest BCUT2D eigenvalue weighted by molar-refractivity contribution is 5.65. The molecule has 2 N–H and O–H groups in total. The second-order valence-electron chi connectivity index (χ2n) is 6.44. The zero-order chi connectivity index (χ0) is 17.6. The van der Waals surface area contributed by atoms with Crippen LogP contribution < -0.4 is 10.6 Å². The second kappa shape index (κ2) is 8.22. The van der Waals surface area contributed by atoms with Crippen LogP contribution in [0.25, 0.3) is 0 Å². The third-order valence-corrected chi connectivity index (χ3v) is 4.30. The standard InChI is InChI=1S/C18H26N6O/c1-13-10-14(2)17(15(3)11-13)21-16-12-20-23-18(22-16)19-4-5-24-6-8-25-9-7-24/h10-12H,4-9H2,1-3H3,(H2,19,21,22,23). The third kappa shape index (κ3) is 4.87. The van der Waals surface area contributed by atoms with Gasteiger partial charge in [-0.2, -0.15) is 10.1 Å². The van der Waals surface area contributed by atoms with Gasteiger partial charge in [-0.3, -0.25) is 4.90 Å². The molecule has 0 atom stereocenters. The quantitative estimate of drug-likeness (QED) is 0.834. The summed E-state index contributed by atoms with van der Waals surface area (Å²) >= 11 is 0. The minimum atomic E-state index is 0.542. The average Bonchev–Trinajstić information content (AvgIpc) is 2.59. The first kappa shape index (κ1) is 17.6. The maximum absolute atomic E-state index is 5.36. The van der Waals surface area contributed by atoms with E-state index in [2.05, 4.69) is 63.6 Å². The highest BCUT2D eigenvalue weighted by Gasteiger charge is 2.10. The van der Waals surface area contributed by atoms with Gasteiger partial charge in [0, 0.05) is 31.9 Å². The first-order valence-corrected chi connectivity index (χ1v) is 8.70. The second-order valence-corrected chi connectivity index (χ2v) is 6.44. The number of anilines is 3. The van der Waals surface area contributed by atoms with Gasteiger partial charge in [0.05, 0.1) is 19.4 Å². The molecule has 0 amide bonds. The predicted molar refractivity (Wildman–Crippen MR) is 99.5 cm³/mol. The number of benzene rings is 1. The predicted octanol–water partition coefficient (Wildman–Crippen LogP) is 2.28. The fourth-order valence-electron chi connectivity index (χ4n) is 3.09. The van der Waals surface area contributed by atoms with Gasteiger partial charge in [0.15, 0.2) is 5.82 Å². The molecule has 1 aliphatic heterocycles. The van der Waals surface area contributed by atoms with Crippen LogP contribution in [0.1, 0.15) is 16.7 Å². The summed E-state index contributed by atoms with van der Waals surface area (Å²) in [5, 5.41) is 14.7. The lowest BCUT2D eigenvalue weighted by Gasteiger charge is -2.26. The number of hydrogen-bond acceptors (Lipinski definition) is 7. The van der Waals surface area contributed by atoms with Gasteiger partial charge in [0.2, 0.25) is 5.95 Å². The van der Waals surface area contributed by atoms with Crippen LogP contribution in [0.2, 0.25) is 0 Å². The van der Waals surface area contributed by atoms with Crippen LogP contribution in [-0.2, 0) is 4.74 Å². The Labute approximate surface area is 148 Å². The van der Waals surface area contributed by atoms with Crippen molar-refractivity contribution in [1.82, 2.24) is 20.1 Å². The molecule has 3 rings (SSSR count). The molecule has 1 aliphatic rings. The van der Waals surface area contributed by atoms with Gasteiger partial charge in [-0.15, -0.1) is 5.10 Å². The summed E-state index contributed by atoms with van der Waals surface area (Å²) in [7, 11) is 0. The molecule has 0 saturated carbocycles. The molecule has 1 aromatic heterocycles. The van der Waals surface area contributed by atoms with E-state index in [0.29, 0.717) is 11.8 Å². The van der Waals surface area contributed by atoms with Crippen LogP contribution in [-0.4, -0.2) is 59.5 Å². The molecular weight excluding hydrogens is 316 g/mol. The van der Waals surface area contributed by atoms with Crippen LogP contribution >= 0.6 is 0 Å². The summed E-state index contributed by atoms with van der Waals surface area (Å²) in [5.41, 5.74) is 4.72. The largest absolute Gasteiger partial charge is 0.379 e. The first-order chi connectivity index (χ1) is 12.1. The Kier molecular flexibility index (Phi) is 5.78. The van der Waals surface area contributed by atoms with Crippen LogP contribution in [0.5, 0.6) is 0 Å². The van der Waals surface area contributed by atoms with E-state index in [1.807, 2.05) is 0 Å². The minimum Gasteiger partial charge on any atom is -0.379 e. The minimum absolute atomic E-state index is 0.542. The zero-order valence-corrected chi connectivity index (χ0v) is 15.2. The van der Waals surface area contributed by atoms with Crippen LogP contribution in [0.15, 0.2) is 18.3 Å². The lowest BCUT2D eigenvalue weighted by atomic mass is 10.1. The van der Waals surface area contributed by atoms with Gasteiger partial charge in [-0.05, 0) is 31.9 Å². The topological polar surface area (TPSA) is 75.2 Å². The third-order valence-electron chi connectivity index (χ3n) is 4.30. The molecule has 0 bridgehead atoms. The zero-order valence-electron chi connectivity index (χ0n) is 15.2. The van der Waals surface area contributed by atoms with E-state index in [1.165, 1.54) is 16.7 Å². The molecule has 134 valence electrons. The van der Waals surface area contributed by atoms with E-state index >= 15 is 0 Å². The summed E-state index contributed by atoms with van der Waals surface area (Å²) in [6.07, 6.45) is 1.64. The van der Waals surface area contributed by atoms with Crippen molar-refractivity contribution in [2.24, 2.45) is 0 Å². The maximum atomic E-state index is 5.36. The van der Waals surface area contributed by atoms with Crippen molar-refractivity contribution < 1.29 is 4.74 Å². The van der Waals surface area contributed by atoms with Gasteiger partial charge in [-0.25, -0.2) is 0 Å². The highest BCUT2D eigenvalue weighted by atomic mass is 16.5. The molecule has 0 radical (unpaired) electrons. The molecule has 2 heterocycles. The summed E-state index contributed by atoms with van der Waals surface area (Å²) < 4.78 is 5.36. The summed E-state index contributed by atoms with van der Waals surface area (Å²) in [6.45, 7) is 11.6. The molecule has 7 heteroatoms. The van der Waals surface area contributed by atoms with Crippen molar-refractivity contribution in [2.75, 3.05) is 50.0 Å². The van der Waals surface area contributed by atoms with Crippen molar-refractivity contribution in [3.8, 4) is 0 Å². The SMILES string of the molecule is Cc1cc(C)c(Nc2cnnc(NCCN3CCOCC3)n2)c(C)c1. The van der Waals surface area contributed by atoms with Crippen molar-refractivity contribution >= 4 is 17.5 Å². The van der Waals surface area contributed by atoms with E-state index in [4.69, 9.17) is 4.74 Å². The van der Waals surface area contributed by atoms with Gasteiger partial charge in [-0.1, -0.05) is 17.7 Å². The smallest absolute Gasteiger partial charge is 0.244 e. The van der Waals surface area contributed by atoms with Crippen LogP contribution in [0, 0.1) is 20.8 Å². The van der Waals surface area contributed by atoms with E-state index in [9.17, 15) is 0 Å². The lowest BCUT2D eigenvalue weighted by Crippen LogP contribution is -2.39. The summed E-state index contributed by atoms with van der Waals surface area (Å²) in [6, 6.07) is 4.32. The number of nitrogens with zero attached hydrogens (tertiary/aromatic N) is 4. The van der Waals surface area contributed by atoms with Crippen LogP contribution in [0.4, 0.5) is 17.5 Å². The van der Waals surface area contributed by atoms with Gasteiger partial charge in [0.25, 0.3) is 0 Å². The Balaban J connectivity index is 1.59. The summed E-state index contributed by atoms with van der Waals surface area (Å²) in [4.78, 5) is 6.88. The average molecular weight is 342 g/mol. The molecule has 0 unspecified atom stereocenters. The molecule has 2 aromatic rings. The molecule has 0 aliphatic carbocycles. The monoisotopic (exact) mass is 342 g/mol. The van der Waals surface area contributed by atoms with Gasteiger partial charge in [0.1, 0.15) is 0 Å².